The molecule has 0 radical (unpaired) electrons. The largest absolute Gasteiger partial charge is 0.484 e. The minimum atomic E-state index is -0.184. The third kappa shape index (κ3) is 4.84. The summed E-state index contributed by atoms with van der Waals surface area (Å²) in [6, 6.07) is 14.7. The minimum Gasteiger partial charge on any atom is -0.484 e. The molecule has 2 aromatic carbocycles. The van der Waals surface area contributed by atoms with E-state index in [2.05, 4.69) is 10.3 Å². The van der Waals surface area contributed by atoms with Crippen molar-refractivity contribution in [3.63, 3.8) is 0 Å². The van der Waals surface area contributed by atoms with Gasteiger partial charge in [0, 0.05) is 28.2 Å². The number of nitrogens with one attached hydrogen (secondary N) is 1. The van der Waals surface area contributed by atoms with E-state index in [-0.39, 0.29) is 12.5 Å². The van der Waals surface area contributed by atoms with Gasteiger partial charge < -0.3 is 10.1 Å². The molecule has 1 amide bonds. The summed E-state index contributed by atoms with van der Waals surface area (Å²) in [5, 5.41) is 4.98. The molecule has 1 heterocycles. The van der Waals surface area contributed by atoms with Gasteiger partial charge in [0.05, 0.1) is 5.52 Å². The quantitative estimate of drug-likeness (QED) is 0.700. The fraction of sp³-hybridized carbons (Fsp3) is 0.158. The van der Waals surface area contributed by atoms with Crippen molar-refractivity contribution in [2.24, 2.45) is 0 Å². The van der Waals surface area contributed by atoms with Crippen molar-refractivity contribution in [1.29, 1.82) is 0 Å². The second-order valence-corrected chi connectivity index (χ2v) is 6.33. The summed E-state index contributed by atoms with van der Waals surface area (Å²) in [5.41, 5.74) is 1.83. The van der Waals surface area contributed by atoms with Crippen LogP contribution in [0.25, 0.3) is 10.9 Å². The Balaban J connectivity index is 1.47. The van der Waals surface area contributed by atoms with Gasteiger partial charge in [-0.3, -0.25) is 9.78 Å². The highest BCUT2D eigenvalue weighted by Crippen LogP contribution is 2.21. The zero-order chi connectivity index (χ0) is 17.6. The molecule has 3 aromatic rings. The molecule has 1 aromatic heterocycles. The molecule has 0 saturated heterocycles. The second kappa shape index (κ2) is 8.19. The summed E-state index contributed by atoms with van der Waals surface area (Å²) >= 11 is 12.0. The first kappa shape index (κ1) is 17.5. The number of nitrogens with zero attached hydrogens (tertiary/aromatic N) is 1. The molecule has 0 aliphatic rings. The summed E-state index contributed by atoms with van der Waals surface area (Å²) < 4.78 is 5.53. The SMILES string of the molecule is O=C(COc1ccc2ncccc2c1)NCCc1ccc(Cl)cc1Cl. The maximum atomic E-state index is 11.9. The summed E-state index contributed by atoms with van der Waals surface area (Å²) in [6.45, 7) is 0.436. The number of carbonyl (C=O) groups is 1. The number of amides is 1. The predicted octanol–water partition coefficient (Wildman–Crippen LogP) is 4.28. The van der Waals surface area contributed by atoms with Crippen LogP contribution in [0.4, 0.5) is 0 Å². The van der Waals surface area contributed by atoms with Gasteiger partial charge in [-0.1, -0.05) is 35.3 Å². The van der Waals surface area contributed by atoms with Crippen LogP contribution in [-0.4, -0.2) is 24.0 Å². The zero-order valence-electron chi connectivity index (χ0n) is 13.3. The summed E-state index contributed by atoms with van der Waals surface area (Å²) in [7, 11) is 0. The van der Waals surface area contributed by atoms with Gasteiger partial charge in [-0.15, -0.1) is 0 Å². The van der Waals surface area contributed by atoms with Gasteiger partial charge in [0.25, 0.3) is 5.91 Å². The third-order valence-corrected chi connectivity index (χ3v) is 4.26. The van der Waals surface area contributed by atoms with E-state index in [0.717, 1.165) is 16.5 Å². The molecule has 0 aliphatic heterocycles. The van der Waals surface area contributed by atoms with Crippen LogP contribution in [0.3, 0.4) is 0 Å². The van der Waals surface area contributed by atoms with Gasteiger partial charge in [0.15, 0.2) is 6.61 Å². The van der Waals surface area contributed by atoms with E-state index in [1.165, 1.54) is 0 Å². The van der Waals surface area contributed by atoms with Gasteiger partial charge in [-0.25, -0.2) is 0 Å². The molecule has 0 fully saturated rings. The molecule has 6 heteroatoms. The lowest BCUT2D eigenvalue weighted by molar-refractivity contribution is -0.123. The van der Waals surface area contributed by atoms with Crippen molar-refractivity contribution in [2.75, 3.05) is 13.2 Å². The smallest absolute Gasteiger partial charge is 0.257 e. The number of pyridine rings is 1. The Hall–Kier alpha value is -2.30. The maximum Gasteiger partial charge on any atom is 0.257 e. The van der Waals surface area contributed by atoms with Crippen molar-refractivity contribution in [2.45, 2.75) is 6.42 Å². The van der Waals surface area contributed by atoms with E-state index < -0.39 is 0 Å². The average Bonchev–Trinajstić information content (AvgIpc) is 2.61. The lowest BCUT2D eigenvalue weighted by Crippen LogP contribution is -2.30. The highest BCUT2D eigenvalue weighted by Gasteiger charge is 2.05. The first-order valence-electron chi connectivity index (χ1n) is 7.80. The molecule has 0 spiro atoms. The van der Waals surface area contributed by atoms with Crippen LogP contribution in [0.5, 0.6) is 5.75 Å². The number of halogens is 2. The zero-order valence-corrected chi connectivity index (χ0v) is 14.8. The Morgan fingerprint density at radius 3 is 2.84 bits per heavy atom. The van der Waals surface area contributed by atoms with Gasteiger partial charge in [0.1, 0.15) is 5.75 Å². The summed E-state index contributed by atoms with van der Waals surface area (Å²) in [5.74, 6) is 0.452. The third-order valence-electron chi connectivity index (χ3n) is 3.68. The van der Waals surface area contributed by atoms with Gasteiger partial charge >= 0.3 is 0 Å². The van der Waals surface area contributed by atoms with E-state index in [1.54, 1.807) is 24.4 Å². The van der Waals surface area contributed by atoms with Crippen LogP contribution in [0.2, 0.25) is 10.0 Å². The Morgan fingerprint density at radius 2 is 2.00 bits per heavy atom. The lowest BCUT2D eigenvalue weighted by Gasteiger charge is -2.09. The topological polar surface area (TPSA) is 51.2 Å². The van der Waals surface area contributed by atoms with E-state index in [0.29, 0.717) is 28.8 Å². The molecular weight excluding hydrogens is 359 g/mol. The molecule has 0 atom stereocenters. The van der Waals surface area contributed by atoms with Crippen LogP contribution in [0.1, 0.15) is 5.56 Å². The van der Waals surface area contributed by atoms with E-state index in [9.17, 15) is 4.79 Å². The van der Waals surface area contributed by atoms with Crippen LogP contribution in [0.15, 0.2) is 54.7 Å². The Morgan fingerprint density at radius 1 is 1.12 bits per heavy atom. The summed E-state index contributed by atoms with van der Waals surface area (Å²) in [4.78, 5) is 16.2. The standard InChI is InChI=1S/C19H16Cl2N2O2/c20-15-4-3-13(17(21)11-15)7-9-23-19(24)12-25-16-5-6-18-14(10-16)2-1-8-22-18/h1-6,8,10-11H,7,9,12H2,(H,23,24). The summed E-state index contributed by atoms with van der Waals surface area (Å²) in [6.07, 6.45) is 2.37. The molecule has 0 aliphatic carbocycles. The first-order chi connectivity index (χ1) is 12.1. The molecule has 25 heavy (non-hydrogen) atoms. The number of fused-ring (bicyclic) bond motifs is 1. The highest BCUT2D eigenvalue weighted by atomic mass is 35.5. The molecule has 4 nitrogen and oxygen atoms in total. The molecule has 128 valence electrons. The number of ether oxygens (including phenoxy) is 1. The Bertz CT molecular complexity index is 899. The van der Waals surface area contributed by atoms with E-state index in [1.807, 2.05) is 30.3 Å². The van der Waals surface area contributed by atoms with Crippen molar-refractivity contribution in [3.05, 3.63) is 70.3 Å². The number of rotatable bonds is 6. The van der Waals surface area contributed by atoms with E-state index >= 15 is 0 Å². The van der Waals surface area contributed by atoms with Crippen molar-refractivity contribution >= 4 is 40.0 Å². The van der Waals surface area contributed by atoms with Crippen LogP contribution < -0.4 is 10.1 Å². The Kier molecular flexibility index (Phi) is 5.74. The molecule has 0 saturated carbocycles. The van der Waals surface area contributed by atoms with Gasteiger partial charge in [-0.2, -0.15) is 0 Å². The van der Waals surface area contributed by atoms with Crippen molar-refractivity contribution in [1.82, 2.24) is 10.3 Å². The van der Waals surface area contributed by atoms with Crippen molar-refractivity contribution < 1.29 is 9.53 Å². The molecule has 1 N–H and O–H groups in total. The van der Waals surface area contributed by atoms with Gasteiger partial charge in [-0.05, 0) is 48.4 Å². The number of carbonyl (C=O) groups excluding carboxylic acids is 1. The number of hydrogen-bond donors (Lipinski definition) is 1. The van der Waals surface area contributed by atoms with Crippen LogP contribution in [0, 0.1) is 0 Å². The van der Waals surface area contributed by atoms with Crippen molar-refractivity contribution in [3.8, 4) is 5.75 Å². The second-order valence-electron chi connectivity index (χ2n) is 5.48. The minimum absolute atomic E-state index is 0.0415. The molecular formula is C19H16Cl2N2O2. The normalized spacial score (nSPS) is 10.6. The Labute approximate surface area is 155 Å². The highest BCUT2D eigenvalue weighted by molar-refractivity contribution is 6.35. The fourth-order valence-corrected chi connectivity index (χ4v) is 2.91. The fourth-order valence-electron chi connectivity index (χ4n) is 2.40. The maximum absolute atomic E-state index is 11.9. The van der Waals surface area contributed by atoms with Crippen LogP contribution >= 0.6 is 23.2 Å². The number of benzene rings is 2. The number of aromatic nitrogens is 1. The molecule has 0 bridgehead atoms. The molecule has 0 unspecified atom stereocenters. The lowest BCUT2D eigenvalue weighted by atomic mass is 10.1. The molecule has 3 rings (SSSR count). The predicted molar refractivity (Wildman–Crippen MR) is 100 cm³/mol. The van der Waals surface area contributed by atoms with Gasteiger partial charge in [0.2, 0.25) is 0 Å². The average molecular weight is 375 g/mol. The van der Waals surface area contributed by atoms with E-state index in [4.69, 9.17) is 27.9 Å². The number of hydrogen-bond acceptors (Lipinski definition) is 3. The monoisotopic (exact) mass is 374 g/mol. The first-order valence-corrected chi connectivity index (χ1v) is 8.55. The van der Waals surface area contributed by atoms with Crippen LogP contribution in [-0.2, 0) is 11.2 Å².